The minimum absolute atomic E-state index is 0.199. The molecule has 0 aliphatic rings. The zero-order valence-corrected chi connectivity index (χ0v) is 17.6. The number of hydrogen-bond acceptors (Lipinski definition) is 4. The molecule has 0 saturated heterocycles. The third kappa shape index (κ3) is 5.08. The number of pyridine rings is 1. The molecule has 6 nitrogen and oxygen atoms in total. The number of alkyl halides is 3. The lowest BCUT2D eigenvalue weighted by atomic mass is 10.1. The van der Waals surface area contributed by atoms with Crippen LogP contribution in [0.25, 0.3) is 5.69 Å². The topological polar surface area (TPSA) is 69.3 Å². The Labute approximate surface area is 187 Å². The van der Waals surface area contributed by atoms with Gasteiger partial charge in [0.1, 0.15) is 5.75 Å². The molecule has 0 aliphatic heterocycles. The lowest BCUT2D eigenvalue weighted by Crippen LogP contribution is -2.24. The summed E-state index contributed by atoms with van der Waals surface area (Å²) in [6, 6.07) is 18.3. The Balaban J connectivity index is 1.60. The first kappa shape index (κ1) is 22.2. The molecule has 0 fully saturated rings. The van der Waals surface area contributed by atoms with Crippen LogP contribution in [0, 0.1) is 6.92 Å². The third-order valence-electron chi connectivity index (χ3n) is 5.14. The van der Waals surface area contributed by atoms with Crippen molar-refractivity contribution in [2.24, 2.45) is 0 Å². The minimum atomic E-state index is -4.82. The molecule has 170 valence electrons. The average Bonchev–Trinajstić information content (AvgIpc) is 2.98. The van der Waals surface area contributed by atoms with Crippen molar-refractivity contribution in [3.05, 3.63) is 106 Å². The number of hydrogen-bond donors (Lipinski definition) is 1. The summed E-state index contributed by atoms with van der Waals surface area (Å²) in [7, 11) is 0. The molecular formula is C24H20F3N3O3. The number of rotatable bonds is 6. The normalized spacial score (nSPS) is 11.5. The molecule has 0 aliphatic carbocycles. The van der Waals surface area contributed by atoms with Gasteiger partial charge in [-0.05, 0) is 54.4 Å². The van der Waals surface area contributed by atoms with Gasteiger partial charge in [0, 0.05) is 18.3 Å². The van der Waals surface area contributed by atoms with E-state index in [1.54, 1.807) is 19.2 Å². The summed E-state index contributed by atoms with van der Waals surface area (Å²) in [5.41, 5.74) is 2.80. The highest BCUT2D eigenvalue weighted by molar-refractivity contribution is 5.41. The Morgan fingerprint density at radius 3 is 2.36 bits per heavy atom. The van der Waals surface area contributed by atoms with Gasteiger partial charge in [-0.25, -0.2) is 9.36 Å². The summed E-state index contributed by atoms with van der Waals surface area (Å²) in [4.78, 5) is 17.4. The molecular weight excluding hydrogens is 435 g/mol. The lowest BCUT2D eigenvalue weighted by Gasteiger charge is -2.09. The number of nitrogens with zero attached hydrogens (tertiary/aromatic N) is 3. The van der Waals surface area contributed by atoms with Crippen LogP contribution in [0.1, 0.15) is 22.5 Å². The van der Waals surface area contributed by atoms with E-state index in [1.807, 2.05) is 36.4 Å². The Morgan fingerprint density at radius 1 is 1.00 bits per heavy atom. The molecule has 0 saturated carbocycles. The second-order valence-corrected chi connectivity index (χ2v) is 7.47. The summed E-state index contributed by atoms with van der Waals surface area (Å²) in [6.07, 6.45) is -2.50. The number of imidazole rings is 1. The van der Waals surface area contributed by atoms with Crippen molar-refractivity contribution in [1.82, 2.24) is 14.1 Å². The highest BCUT2D eigenvalue weighted by Gasteiger charge is 2.31. The van der Waals surface area contributed by atoms with Crippen LogP contribution in [-0.4, -0.2) is 25.6 Å². The van der Waals surface area contributed by atoms with Gasteiger partial charge < -0.3 is 9.84 Å². The van der Waals surface area contributed by atoms with Crippen molar-refractivity contribution in [3.63, 3.8) is 0 Å². The Morgan fingerprint density at radius 2 is 1.70 bits per heavy atom. The van der Waals surface area contributed by atoms with E-state index in [0.717, 1.165) is 33.5 Å². The van der Waals surface area contributed by atoms with E-state index < -0.39 is 17.8 Å². The molecule has 2 heterocycles. The molecule has 4 aromatic rings. The van der Waals surface area contributed by atoms with E-state index in [2.05, 4.69) is 9.72 Å². The quantitative estimate of drug-likeness (QED) is 0.462. The van der Waals surface area contributed by atoms with Crippen LogP contribution < -0.4 is 10.4 Å². The van der Waals surface area contributed by atoms with Crippen LogP contribution in [-0.2, 0) is 13.0 Å². The molecule has 0 bridgehead atoms. The van der Waals surface area contributed by atoms with Crippen LogP contribution in [0.15, 0.2) is 77.7 Å². The van der Waals surface area contributed by atoms with Gasteiger partial charge in [0.05, 0.1) is 17.9 Å². The first-order valence-corrected chi connectivity index (χ1v) is 10.1. The molecule has 0 atom stereocenters. The van der Waals surface area contributed by atoms with Crippen LogP contribution in [0.4, 0.5) is 13.2 Å². The molecule has 9 heteroatoms. The smallest absolute Gasteiger partial charge is 0.493 e. The van der Waals surface area contributed by atoms with Crippen LogP contribution in [0.3, 0.4) is 0 Å². The van der Waals surface area contributed by atoms with Gasteiger partial charge in [-0.1, -0.05) is 30.3 Å². The summed E-state index contributed by atoms with van der Waals surface area (Å²) in [5, 5.41) is 10.6. The number of aromatic nitrogens is 3. The first-order chi connectivity index (χ1) is 15.7. The summed E-state index contributed by atoms with van der Waals surface area (Å²) in [6.45, 7) is 1.80. The zero-order valence-electron chi connectivity index (χ0n) is 17.6. The highest BCUT2D eigenvalue weighted by Crippen LogP contribution is 2.26. The standard InChI is InChI=1S/C24H20F3N3O3/c1-16-22(31)30(20-7-9-21(10-8-20)33-24(25,26)27)23(32)29(16)15-18-11-12-28-19(14-18)13-17-5-3-2-4-6-17/h2-12,14,31H,13,15H2,1H3. The Bertz CT molecular complexity index is 1310. The SMILES string of the molecule is Cc1c(O)n(-c2ccc(OC(F)(F)F)cc2)c(=O)n1Cc1ccnc(Cc2ccccc2)c1. The third-order valence-corrected chi connectivity index (χ3v) is 5.14. The van der Waals surface area contributed by atoms with Crippen LogP contribution in [0.2, 0.25) is 0 Å². The number of halogens is 3. The van der Waals surface area contributed by atoms with E-state index in [-0.39, 0.29) is 18.1 Å². The maximum Gasteiger partial charge on any atom is 0.573 e. The predicted octanol–water partition coefficient (Wildman–Crippen LogP) is 4.59. The number of aromatic hydroxyl groups is 1. The van der Waals surface area contributed by atoms with E-state index in [4.69, 9.17) is 0 Å². The van der Waals surface area contributed by atoms with Crippen LogP contribution >= 0.6 is 0 Å². The largest absolute Gasteiger partial charge is 0.573 e. The van der Waals surface area contributed by atoms with Crippen molar-refractivity contribution in [2.75, 3.05) is 0 Å². The van der Waals surface area contributed by atoms with Gasteiger partial charge in [-0.3, -0.25) is 9.55 Å². The van der Waals surface area contributed by atoms with Gasteiger partial charge in [0.15, 0.2) is 0 Å². The van der Waals surface area contributed by atoms with Crippen molar-refractivity contribution >= 4 is 0 Å². The van der Waals surface area contributed by atoms with Crippen LogP contribution in [0.5, 0.6) is 11.6 Å². The molecule has 0 unspecified atom stereocenters. The molecule has 0 spiro atoms. The number of benzene rings is 2. The maximum atomic E-state index is 13.0. The Kier molecular flexibility index (Phi) is 5.95. The summed E-state index contributed by atoms with van der Waals surface area (Å²) >= 11 is 0. The van der Waals surface area contributed by atoms with Crippen molar-refractivity contribution < 1.29 is 23.0 Å². The molecule has 2 aromatic heterocycles. The molecule has 0 radical (unpaired) electrons. The van der Waals surface area contributed by atoms with E-state index >= 15 is 0 Å². The summed E-state index contributed by atoms with van der Waals surface area (Å²) < 4.78 is 43.4. The molecule has 2 aromatic carbocycles. The number of ether oxygens (including phenoxy) is 1. The van der Waals surface area contributed by atoms with Crippen molar-refractivity contribution in [2.45, 2.75) is 26.3 Å². The Hall–Kier alpha value is -4.01. The van der Waals surface area contributed by atoms with Gasteiger partial charge in [-0.2, -0.15) is 0 Å². The first-order valence-electron chi connectivity index (χ1n) is 10.1. The van der Waals surface area contributed by atoms with Crippen molar-refractivity contribution in [3.8, 4) is 17.3 Å². The molecule has 33 heavy (non-hydrogen) atoms. The monoisotopic (exact) mass is 455 g/mol. The average molecular weight is 455 g/mol. The van der Waals surface area contributed by atoms with E-state index in [9.17, 15) is 23.1 Å². The predicted molar refractivity (Wildman–Crippen MR) is 116 cm³/mol. The van der Waals surface area contributed by atoms with Gasteiger partial charge in [-0.15, -0.1) is 13.2 Å². The van der Waals surface area contributed by atoms with Gasteiger partial charge in [0.2, 0.25) is 5.88 Å². The highest BCUT2D eigenvalue weighted by atomic mass is 19.4. The molecule has 0 amide bonds. The molecule has 1 N–H and O–H groups in total. The van der Waals surface area contributed by atoms with Gasteiger partial charge >= 0.3 is 12.1 Å². The van der Waals surface area contributed by atoms with E-state index in [1.165, 1.54) is 16.7 Å². The summed E-state index contributed by atoms with van der Waals surface area (Å²) in [5.74, 6) is -0.708. The van der Waals surface area contributed by atoms with E-state index in [0.29, 0.717) is 12.1 Å². The minimum Gasteiger partial charge on any atom is -0.493 e. The molecule has 4 rings (SSSR count). The van der Waals surface area contributed by atoms with Crippen molar-refractivity contribution in [1.29, 1.82) is 0 Å². The van der Waals surface area contributed by atoms with Gasteiger partial charge in [0.25, 0.3) is 0 Å². The fourth-order valence-electron chi connectivity index (χ4n) is 3.56. The maximum absolute atomic E-state index is 13.0. The fraction of sp³-hybridized carbons (Fsp3) is 0.167. The second-order valence-electron chi connectivity index (χ2n) is 7.47. The fourth-order valence-corrected chi connectivity index (χ4v) is 3.56. The zero-order chi connectivity index (χ0) is 23.6. The lowest BCUT2D eigenvalue weighted by molar-refractivity contribution is -0.274. The second kappa shape index (κ2) is 8.85.